The van der Waals surface area contributed by atoms with Gasteiger partial charge in [-0.1, -0.05) is 0 Å². The molecule has 1 saturated heterocycles. The summed E-state index contributed by atoms with van der Waals surface area (Å²) >= 11 is 0. The van der Waals surface area contributed by atoms with Crippen LogP contribution in [0.2, 0.25) is 0 Å². The van der Waals surface area contributed by atoms with E-state index in [1.165, 1.54) is 12.1 Å². The molecule has 0 aromatic carbocycles. The van der Waals surface area contributed by atoms with E-state index in [-0.39, 0.29) is 5.91 Å². The van der Waals surface area contributed by atoms with Gasteiger partial charge in [0.25, 0.3) is 0 Å². The van der Waals surface area contributed by atoms with Crippen molar-refractivity contribution in [2.75, 3.05) is 26.2 Å². The number of aryl methyl sites for hydroxylation is 3. The van der Waals surface area contributed by atoms with E-state index in [9.17, 15) is 4.79 Å². The standard InChI is InChI=1S/C20H36N6O/c1-5-21-20(22-11-8-14-26-18(4)15-16(2)24-26)23-12-10-19(27)25-13-7-6-9-17(25)3/h15,17H,5-14H2,1-4H3,(H2,21,22,23). The molecule has 1 aliphatic rings. The molecule has 27 heavy (non-hydrogen) atoms. The molecule has 1 fully saturated rings. The molecule has 1 aromatic heterocycles. The molecule has 7 nitrogen and oxygen atoms in total. The summed E-state index contributed by atoms with van der Waals surface area (Å²) in [6.45, 7) is 12.2. The molecule has 2 N–H and O–H groups in total. The molecule has 2 rings (SSSR count). The zero-order valence-electron chi connectivity index (χ0n) is 17.4. The van der Waals surface area contributed by atoms with E-state index in [4.69, 9.17) is 0 Å². The van der Waals surface area contributed by atoms with Crippen LogP contribution in [-0.4, -0.2) is 58.8 Å². The summed E-state index contributed by atoms with van der Waals surface area (Å²) in [5.41, 5.74) is 2.24. The molecule has 2 heterocycles. The first-order valence-corrected chi connectivity index (χ1v) is 10.3. The minimum absolute atomic E-state index is 0.245. The Bertz CT molecular complexity index is 624. The van der Waals surface area contributed by atoms with Crippen molar-refractivity contribution in [2.45, 2.75) is 72.4 Å². The molecule has 152 valence electrons. The summed E-state index contributed by atoms with van der Waals surface area (Å²) in [5, 5.41) is 11.0. The van der Waals surface area contributed by atoms with E-state index in [1.54, 1.807) is 0 Å². The number of likely N-dealkylation sites (tertiary alicyclic amines) is 1. The smallest absolute Gasteiger partial charge is 0.224 e. The molecule has 0 bridgehead atoms. The summed E-state index contributed by atoms with van der Waals surface area (Å²) in [5.74, 6) is 1.03. The van der Waals surface area contributed by atoms with Crippen molar-refractivity contribution in [3.8, 4) is 0 Å². The van der Waals surface area contributed by atoms with Crippen LogP contribution in [0.15, 0.2) is 11.1 Å². The van der Waals surface area contributed by atoms with Gasteiger partial charge in [-0.2, -0.15) is 5.10 Å². The topological polar surface area (TPSA) is 74.5 Å². The van der Waals surface area contributed by atoms with Gasteiger partial charge in [-0.05, 0) is 59.4 Å². The molecule has 0 saturated carbocycles. The highest BCUT2D eigenvalue weighted by molar-refractivity contribution is 5.81. The molecule has 0 spiro atoms. The average Bonchev–Trinajstić information content (AvgIpc) is 2.96. The number of hydrogen-bond acceptors (Lipinski definition) is 3. The van der Waals surface area contributed by atoms with Crippen molar-refractivity contribution in [1.82, 2.24) is 25.3 Å². The number of nitrogens with one attached hydrogen (secondary N) is 2. The molecule has 1 amide bonds. The van der Waals surface area contributed by atoms with E-state index in [0.717, 1.165) is 57.1 Å². The first-order chi connectivity index (χ1) is 13.0. The van der Waals surface area contributed by atoms with Crippen molar-refractivity contribution in [3.05, 3.63) is 17.5 Å². The first kappa shape index (κ1) is 21.3. The summed E-state index contributed by atoms with van der Waals surface area (Å²) < 4.78 is 2.03. The van der Waals surface area contributed by atoms with Crippen LogP contribution in [0.1, 0.15) is 57.3 Å². The summed E-state index contributed by atoms with van der Waals surface area (Å²) in [6.07, 6.45) is 4.93. The van der Waals surface area contributed by atoms with E-state index < -0.39 is 0 Å². The summed E-state index contributed by atoms with van der Waals surface area (Å²) in [7, 11) is 0. The SMILES string of the molecule is CCNC(=NCCCn1nc(C)cc1C)NCCC(=O)N1CCCCC1C. The second-order valence-corrected chi connectivity index (χ2v) is 7.37. The van der Waals surface area contributed by atoms with Crippen LogP contribution >= 0.6 is 0 Å². The van der Waals surface area contributed by atoms with Gasteiger partial charge in [0.15, 0.2) is 5.96 Å². The Morgan fingerprint density at radius 2 is 2.15 bits per heavy atom. The third-order valence-corrected chi connectivity index (χ3v) is 5.00. The maximum atomic E-state index is 12.4. The largest absolute Gasteiger partial charge is 0.357 e. The highest BCUT2D eigenvalue weighted by Crippen LogP contribution is 2.16. The van der Waals surface area contributed by atoms with Crippen molar-refractivity contribution < 1.29 is 4.79 Å². The Hall–Kier alpha value is -2.05. The molecule has 0 radical (unpaired) electrons. The zero-order chi connectivity index (χ0) is 19.6. The van der Waals surface area contributed by atoms with Crippen LogP contribution in [0.25, 0.3) is 0 Å². The van der Waals surface area contributed by atoms with Crippen LogP contribution in [0, 0.1) is 13.8 Å². The number of amides is 1. The van der Waals surface area contributed by atoms with Crippen LogP contribution < -0.4 is 10.6 Å². The Kier molecular flexibility index (Phi) is 8.61. The molecule has 1 atom stereocenters. The van der Waals surface area contributed by atoms with E-state index >= 15 is 0 Å². The van der Waals surface area contributed by atoms with Crippen molar-refractivity contribution in [1.29, 1.82) is 0 Å². The second kappa shape index (κ2) is 10.9. The quantitative estimate of drug-likeness (QED) is 0.414. The fourth-order valence-electron chi connectivity index (χ4n) is 3.55. The van der Waals surface area contributed by atoms with Crippen molar-refractivity contribution >= 4 is 11.9 Å². The van der Waals surface area contributed by atoms with Crippen LogP contribution in [0.3, 0.4) is 0 Å². The Morgan fingerprint density at radius 1 is 1.33 bits per heavy atom. The molecule has 1 aliphatic heterocycles. The van der Waals surface area contributed by atoms with Crippen LogP contribution in [-0.2, 0) is 11.3 Å². The Balaban J connectivity index is 1.72. The van der Waals surface area contributed by atoms with Gasteiger partial charge in [-0.25, -0.2) is 0 Å². The number of guanidine groups is 1. The van der Waals surface area contributed by atoms with Gasteiger partial charge >= 0.3 is 0 Å². The fraction of sp³-hybridized carbons (Fsp3) is 0.750. The van der Waals surface area contributed by atoms with Gasteiger partial charge in [-0.15, -0.1) is 0 Å². The normalized spacial score (nSPS) is 17.9. The monoisotopic (exact) mass is 376 g/mol. The fourth-order valence-corrected chi connectivity index (χ4v) is 3.55. The van der Waals surface area contributed by atoms with Gasteiger partial charge in [-0.3, -0.25) is 14.5 Å². The predicted molar refractivity (Wildman–Crippen MR) is 110 cm³/mol. The van der Waals surface area contributed by atoms with Gasteiger partial charge < -0.3 is 15.5 Å². The molecule has 1 aromatic rings. The van der Waals surface area contributed by atoms with Crippen molar-refractivity contribution in [2.24, 2.45) is 4.99 Å². The zero-order valence-corrected chi connectivity index (χ0v) is 17.4. The third-order valence-electron chi connectivity index (χ3n) is 5.00. The van der Waals surface area contributed by atoms with Gasteiger partial charge in [0, 0.05) is 50.9 Å². The molecule has 0 aliphatic carbocycles. The van der Waals surface area contributed by atoms with Crippen molar-refractivity contribution in [3.63, 3.8) is 0 Å². The number of nitrogens with zero attached hydrogens (tertiary/aromatic N) is 4. The average molecular weight is 377 g/mol. The van der Waals surface area contributed by atoms with Crippen LogP contribution in [0.5, 0.6) is 0 Å². The number of aromatic nitrogens is 2. The first-order valence-electron chi connectivity index (χ1n) is 10.3. The van der Waals surface area contributed by atoms with E-state index in [0.29, 0.717) is 19.0 Å². The van der Waals surface area contributed by atoms with Crippen LogP contribution in [0.4, 0.5) is 0 Å². The molecular formula is C20H36N6O. The number of aliphatic imine (C=N–C) groups is 1. The highest BCUT2D eigenvalue weighted by Gasteiger charge is 2.22. The summed E-state index contributed by atoms with van der Waals surface area (Å²) in [6, 6.07) is 2.47. The molecular weight excluding hydrogens is 340 g/mol. The minimum atomic E-state index is 0.245. The summed E-state index contributed by atoms with van der Waals surface area (Å²) in [4.78, 5) is 19.1. The Morgan fingerprint density at radius 3 is 2.81 bits per heavy atom. The second-order valence-electron chi connectivity index (χ2n) is 7.37. The molecule has 7 heteroatoms. The lowest BCUT2D eigenvalue weighted by Gasteiger charge is -2.33. The lowest BCUT2D eigenvalue weighted by Crippen LogP contribution is -2.44. The highest BCUT2D eigenvalue weighted by atomic mass is 16.2. The number of rotatable bonds is 8. The van der Waals surface area contributed by atoms with Gasteiger partial charge in [0.1, 0.15) is 0 Å². The Labute approximate surface area is 163 Å². The van der Waals surface area contributed by atoms with Gasteiger partial charge in [0.05, 0.1) is 5.69 Å². The molecule has 1 unspecified atom stereocenters. The lowest BCUT2D eigenvalue weighted by atomic mass is 10.0. The van der Waals surface area contributed by atoms with E-state index in [2.05, 4.69) is 40.6 Å². The van der Waals surface area contributed by atoms with Gasteiger partial charge in [0.2, 0.25) is 5.91 Å². The maximum Gasteiger partial charge on any atom is 0.224 e. The third kappa shape index (κ3) is 6.88. The minimum Gasteiger partial charge on any atom is -0.357 e. The van der Waals surface area contributed by atoms with E-state index in [1.807, 2.05) is 23.4 Å². The number of hydrogen-bond donors (Lipinski definition) is 2. The maximum absolute atomic E-state index is 12.4. The number of piperidine rings is 1. The number of carbonyl (C=O) groups excluding carboxylic acids is 1. The predicted octanol–water partition coefficient (Wildman–Crippen LogP) is 2.24. The number of carbonyl (C=O) groups is 1. The lowest BCUT2D eigenvalue weighted by molar-refractivity contribution is -0.134.